The minimum atomic E-state index is -3.27. The Morgan fingerprint density at radius 2 is 2.29 bits per heavy atom. The van der Waals surface area contributed by atoms with E-state index in [9.17, 15) is 13.2 Å². The van der Waals surface area contributed by atoms with Gasteiger partial charge in [0.25, 0.3) is 0 Å². The average Bonchev–Trinajstić information content (AvgIpc) is 2.45. The summed E-state index contributed by atoms with van der Waals surface area (Å²) in [5, 5.41) is 8.67. The van der Waals surface area contributed by atoms with Crippen molar-refractivity contribution in [2.24, 2.45) is 0 Å². The largest absolute Gasteiger partial charge is 0.481 e. The predicted octanol–water partition coefficient (Wildman–Crippen LogP) is -0.173. The van der Waals surface area contributed by atoms with E-state index in [1.54, 1.807) is 0 Å². The molecule has 21 heavy (non-hydrogen) atoms. The van der Waals surface area contributed by atoms with Crippen LogP contribution in [0.2, 0.25) is 0 Å². The van der Waals surface area contributed by atoms with Gasteiger partial charge in [0.05, 0.1) is 36.9 Å². The Morgan fingerprint density at radius 1 is 1.52 bits per heavy atom. The van der Waals surface area contributed by atoms with Gasteiger partial charge in [0.2, 0.25) is 10.0 Å². The Balaban J connectivity index is 2.10. The van der Waals surface area contributed by atoms with Crippen LogP contribution in [0.3, 0.4) is 0 Å². The summed E-state index contributed by atoms with van der Waals surface area (Å²) in [6.45, 7) is 0.802. The smallest absolute Gasteiger partial charge is 0.303 e. The van der Waals surface area contributed by atoms with E-state index in [4.69, 9.17) is 9.84 Å². The molecule has 8 nitrogen and oxygen atoms in total. The van der Waals surface area contributed by atoms with Crippen molar-refractivity contribution in [1.82, 2.24) is 14.3 Å². The Morgan fingerprint density at radius 3 is 2.95 bits per heavy atom. The van der Waals surface area contributed by atoms with Gasteiger partial charge in [0.1, 0.15) is 6.10 Å². The van der Waals surface area contributed by atoms with Crippen molar-refractivity contribution < 1.29 is 23.1 Å². The van der Waals surface area contributed by atoms with Gasteiger partial charge in [-0.15, -0.1) is 0 Å². The van der Waals surface area contributed by atoms with E-state index in [-0.39, 0.29) is 19.4 Å². The van der Waals surface area contributed by atoms with Gasteiger partial charge in [-0.05, 0) is 0 Å². The van der Waals surface area contributed by atoms with E-state index in [0.717, 1.165) is 6.26 Å². The number of rotatable bonds is 5. The fourth-order valence-corrected chi connectivity index (χ4v) is 2.85. The van der Waals surface area contributed by atoms with Gasteiger partial charge in [-0.3, -0.25) is 14.8 Å². The highest BCUT2D eigenvalue weighted by Crippen LogP contribution is 2.21. The zero-order chi connectivity index (χ0) is 15.5. The fourth-order valence-electron chi connectivity index (χ4n) is 2.04. The third-order valence-electron chi connectivity index (χ3n) is 3.13. The molecule has 2 rings (SSSR count). The maximum atomic E-state index is 11.6. The lowest BCUT2D eigenvalue weighted by molar-refractivity contribution is -0.136. The van der Waals surface area contributed by atoms with E-state index < -0.39 is 22.1 Å². The second kappa shape index (κ2) is 6.46. The van der Waals surface area contributed by atoms with Gasteiger partial charge in [0.15, 0.2) is 0 Å². The van der Waals surface area contributed by atoms with Crippen LogP contribution in [0.5, 0.6) is 0 Å². The lowest BCUT2D eigenvalue weighted by atomic mass is 10.2. The molecule has 0 aromatic carbocycles. The van der Waals surface area contributed by atoms with Gasteiger partial charge in [-0.2, -0.15) is 4.31 Å². The van der Waals surface area contributed by atoms with Crippen LogP contribution in [0.1, 0.15) is 23.9 Å². The highest BCUT2D eigenvalue weighted by atomic mass is 32.2. The number of carbonyl (C=O) groups is 1. The highest BCUT2D eigenvalue weighted by Gasteiger charge is 2.28. The first-order chi connectivity index (χ1) is 9.86. The maximum absolute atomic E-state index is 11.6. The second-order valence-electron chi connectivity index (χ2n) is 4.81. The molecule has 9 heteroatoms. The summed E-state index contributed by atoms with van der Waals surface area (Å²) in [5.41, 5.74) is 1.07. The first-order valence-electron chi connectivity index (χ1n) is 6.45. The Labute approximate surface area is 122 Å². The maximum Gasteiger partial charge on any atom is 0.303 e. The zero-order valence-electron chi connectivity index (χ0n) is 11.6. The van der Waals surface area contributed by atoms with Crippen molar-refractivity contribution in [1.29, 1.82) is 0 Å². The number of hydrogen-bond acceptors (Lipinski definition) is 6. The van der Waals surface area contributed by atoms with Crippen LogP contribution in [-0.2, 0) is 26.0 Å². The number of aliphatic carboxylic acids is 1. The van der Waals surface area contributed by atoms with Crippen LogP contribution in [0, 0.1) is 0 Å². The second-order valence-corrected chi connectivity index (χ2v) is 6.79. The molecule has 1 aromatic heterocycles. The summed E-state index contributed by atoms with van der Waals surface area (Å²) in [6, 6.07) is 0. The monoisotopic (exact) mass is 315 g/mol. The van der Waals surface area contributed by atoms with E-state index in [1.165, 1.54) is 16.7 Å². The normalized spacial score (nSPS) is 20.3. The summed E-state index contributed by atoms with van der Waals surface area (Å²) in [7, 11) is -3.27. The number of carboxylic acid groups (broad SMARTS) is 1. The molecule has 1 aliphatic heterocycles. The predicted molar refractivity (Wildman–Crippen MR) is 73.1 cm³/mol. The number of sulfonamides is 1. The molecule has 0 bridgehead atoms. The minimum absolute atomic E-state index is 0.0286. The molecule has 1 atom stereocenters. The van der Waals surface area contributed by atoms with Crippen molar-refractivity contribution >= 4 is 16.0 Å². The van der Waals surface area contributed by atoms with Gasteiger partial charge in [-0.1, -0.05) is 0 Å². The Hall–Kier alpha value is -1.58. The first-order valence-corrected chi connectivity index (χ1v) is 8.30. The Bertz CT molecular complexity index is 619. The summed E-state index contributed by atoms with van der Waals surface area (Å²) in [5.74, 6) is -0.903. The molecule has 0 spiro atoms. The summed E-state index contributed by atoms with van der Waals surface area (Å²) >= 11 is 0. The first kappa shape index (κ1) is 15.8. The van der Waals surface area contributed by atoms with Gasteiger partial charge in [-0.25, -0.2) is 8.42 Å². The van der Waals surface area contributed by atoms with Gasteiger partial charge < -0.3 is 9.84 Å². The minimum Gasteiger partial charge on any atom is -0.481 e. The molecule has 1 aromatic rings. The van der Waals surface area contributed by atoms with E-state index in [0.29, 0.717) is 24.5 Å². The number of aryl methyl sites for hydroxylation is 1. The van der Waals surface area contributed by atoms with Crippen LogP contribution < -0.4 is 0 Å². The number of aromatic nitrogens is 2. The molecule has 1 fully saturated rings. The summed E-state index contributed by atoms with van der Waals surface area (Å²) in [4.78, 5) is 18.9. The van der Waals surface area contributed by atoms with Crippen LogP contribution in [-0.4, -0.2) is 59.7 Å². The molecule has 0 saturated carbocycles. The topological polar surface area (TPSA) is 110 Å². The van der Waals surface area contributed by atoms with Crippen molar-refractivity contribution in [3.05, 3.63) is 23.8 Å². The molecule has 2 heterocycles. The van der Waals surface area contributed by atoms with Crippen molar-refractivity contribution in [3.8, 4) is 0 Å². The fraction of sp³-hybridized carbons (Fsp3) is 0.583. The van der Waals surface area contributed by atoms with Gasteiger partial charge >= 0.3 is 5.97 Å². The van der Waals surface area contributed by atoms with E-state index >= 15 is 0 Å². The van der Waals surface area contributed by atoms with Crippen LogP contribution in [0.15, 0.2) is 12.4 Å². The molecule has 0 aliphatic carbocycles. The highest BCUT2D eigenvalue weighted by molar-refractivity contribution is 7.88. The number of carboxylic acids is 1. The quantitative estimate of drug-likeness (QED) is 0.803. The third kappa shape index (κ3) is 4.45. The number of hydrogen-bond donors (Lipinski definition) is 1. The molecule has 0 radical (unpaired) electrons. The third-order valence-corrected chi connectivity index (χ3v) is 4.40. The number of nitrogens with zero attached hydrogens (tertiary/aromatic N) is 3. The molecular formula is C12H17N3O5S. The standard InChI is InChI=1S/C12H17N3O5S/c1-21(18,19)15-4-5-20-11(8-15)10-7-13-6-9(14-10)2-3-12(16)17/h6-7,11H,2-5,8H2,1H3,(H,16,17)/t11-/m1/s1. The summed E-state index contributed by atoms with van der Waals surface area (Å²) < 4.78 is 30.0. The van der Waals surface area contributed by atoms with Gasteiger partial charge in [0, 0.05) is 25.7 Å². The van der Waals surface area contributed by atoms with E-state index in [2.05, 4.69) is 9.97 Å². The van der Waals surface area contributed by atoms with E-state index in [1.807, 2.05) is 0 Å². The zero-order valence-corrected chi connectivity index (χ0v) is 12.4. The molecule has 1 N–H and O–H groups in total. The van der Waals surface area contributed by atoms with Crippen LogP contribution >= 0.6 is 0 Å². The molecule has 0 amide bonds. The lowest BCUT2D eigenvalue weighted by Gasteiger charge is -2.30. The van der Waals surface area contributed by atoms with Crippen molar-refractivity contribution in [2.75, 3.05) is 26.0 Å². The van der Waals surface area contributed by atoms with Crippen LogP contribution in [0.4, 0.5) is 0 Å². The molecule has 1 saturated heterocycles. The van der Waals surface area contributed by atoms with Crippen molar-refractivity contribution in [2.45, 2.75) is 18.9 Å². The molecule has 1 aliphatic rings. The number of morpholine rings is 1. The number of ether oxygens (including phenoxy) is 1. The average molecular weight is 315 g/mol. The Kier molecular flexibility index (Phi) is 4.86. The lowest BCUT2D eigenvalue weighted by Crippen LogP contribution is -2.41. The SMILES string of the molecule is CS(=O)(=O)N1CCO[C@@H](c2cncc(CCC(=O)O)n2)C1. The molecule has 116 valence electrons. The van der Waals surface area contributed by atoms with Crippen LogP contribution in [0.25, 0.3) is 0 Å². The van der Waals surface area contributed by atoms with Crippen molar-refractivity contribution in [3.63, 3.8) is 0 Å². The summed E-state index contributed by atoms with van der Waals surface area (Å²) in [6.07, 6.45) is 3.94. The molecular weight excluding hydrogens is 298 g/mol. The molecule has 0 unspecified atom stereocenters.